The molecule has 0 amide bonds. The minimum absolute atomic E-state index is 0.309. The highest BCUT2D eigenvalue weighted by atomic mass is 32.1. The van der Waals surface area contributed by atoms with Gasteiger partial charge in [0.15, 0.2) is 0 Å². The first-order valence-corrected chi connectivity index (χ1v) is 12.8. The first-order chi connectivity index (χ1) is 16.0. The number of aromatic nitrogens is 1. The van der Waals surface area contributed by atoms with Gasteiger partial charge in [0.05, 0.1) is 5.69 Å². The van der Waals surface area contributed by atoms with Gasteiger partial charge >= 0.3 is 5.97 Å². The van der Waals surface area contributed by atoms with Gasteiger partial charge in [-0.25, -0.2) is 9.98 Å². The van der Waals surface area contributed by atoms with Crippen molar-refractivity contribution >= 4 is 28.7 Å². The topological polar surface area (TPSA) is 51.5 Å². The van der Waals surface area contributed by atoms with E-state index in [1.807, 2.05) is 30.5 Å². The first-order valence-electron chi connectivity index (χ1n) is 11.9. The number of carbonyl (C=O) groups excluding carboxylic acids is 1. The second kappa shape index (κ2) is 8.21. The van der Waals surface area contributed by atoms with Gasteiger partial charge in [-0.05, 0) is 85.1 Å². The standard InChI is InChI=1S/C28H28N2O2S/c1-18(31)32-25-8-6-24(7-9-25)23-4-2-19(3-5-23)16-29-27-30-26(17-33-27)28-13-20-10-21(14-28)12-22(11-20)15-28/h2-9,16-17,20-22H,10-15H2,1H3/b29-16+. The summed E-state index contributed by atoms with van der Waals surface area (Å²) >= 11 is 1.68. The predicted molar refractivity (Wildman–Crippen MR) is 132 cm³/mol. The fourth-order valence-corrected chi connectivity index (χ4v) is 7.55. The molecule has 0 radical (unpaired) electrons. The van der Waals surface area contributed by atoms with E-state index in [2.05, 4.69) is 29.6 Å². The molecule has 4 nitrogen and oxygen atoms in total. The number of benzene rings is 2. The second-order valence-electron chi connectivity index (χ2n) is 10.2. The van der Waals surface area contributed by atoms with Crippen LogP contribution < -0.4 is 4.74 Å². The van der Waals surface area contributed by atoms with Crippen molar-refractivity contribution in [2.24, 2.45) is 22.7 Å². The fourth-order valence-electron chi connectivity index (χ4n) is 6.76. The molecule has 0 spiro atoms. The molecule has 7 rings (SSSR count). The lowest BCUT2D eigenvalue weighted by molar-refractivity contribution is -0.131. The number of carbonyl (C=O) groups is 1. The normalized spacial score (nSPS) is 27.8. The maximum atomic E-state index is 11.1. The van der Waals surface area contributed by atoms with E-state index in [1.54, 1.807) is 11.3 Å². The van der Waals surface area contributed by atoms with Gasteiger partial charge in [0.1, 0.15) is 5.75 Å². The number of thiazole rings is 1. The van der Waals surface area contributed by atoms with Crippen molar-refractivity contribution in [1.29, 1.82) is 0 Å². The molecule has 0 atom stereocenters. The molecule has 1 aromatic heterocycles. The van der Waals surface area contributed by atoms with E-state index in [4.69, 9.17) is 14.7 Å². The Morgan fingerprint density at radius 2 is 1.55 bits per heavy atom. The number of nitrogens with zero attached hydrogens (tertiary/aromatic N) is 2. The molecule has 4 saturated carbocycles. The Kier molecular flexibility index (Phi) is 5.17. The molecular formula is C28H28N2O2S. The molecule has 0 unspecified atom stereocenters. The Morgan fingerprint density at radius 3 is 2.12 bits per heavy atom. The van der Waals surface area contributed by atoms with Crippen LogP contribution in [0.25, 0.3) is 11.1 Å². The summed E-state index contributed by atoms with van der Waals surface area (Å²) in [5.41, 5.74) is 4.90. The lowest BCUT2D eigenvalue weighted by Crippen LogP contribution is -2.48. The smallest absolute Gasteiger partial charge is 0.308 e. The SMILES string of the molecule is CC(=O)Oc1ccc(-c2ccc(/C=N/c3nc(C45CC6CC(CC(C6)C4)C5)cs3)cc2)cc1. The Hall–Kier alpha value is -2.79. The lowest BCUT2D eigenvalue weighted by Gasteiger charge is -2.56. The van der Waals surface area contributed by atoms with Crippen molar-refractivity contribution in [2.75, 3.05) is 0 Å². The van der Waals surface area contributed by atoms with Crippen molar-refractivity contribution in [3.05, 3.63) is 65.2 Å². The number of hydrogen-bond acceptors (Lipinski definition) is 5. The summed E-state index contributed by atoms with van der Waals surface area (Å²) < 4.78 is 5.11. The molecular weight excluding hydrogens is 428 g/mol. The van der Waals surface area contributed by atoms with Crippen LogP contribution in [0.3, 0.4) is 0 Å². The Morgan fingerprint density at radius 1 is 0.970 bits per heavy atom. The van der Waals surface area contributed by atoms with Crippen molar-refractivity contribution in [3.63, 3.8) is 0 Å². The average molecular weight is 457 g/mol. The van der Waals surface area contributed by atoms with Crippen LogP contribution in [-0.2, 0) is 10.2 Å². The third-order valence-corrected chi connectivity index (χ3v) is 8.51. The summed E-state index contributed by atoms with van der Waals surface area (Å²) in [7, 11) is 0. The summed E-state index contributed by atoms with van der Waals surface area (Å²) in [6.45, 7) is 1.41. The molecule has 4 bridgehead atoms. The number of ether oxygens (including phenoxy) is 1. The highest BCUT2D eigenvalue weighted by Crippen LogP contribution is 2.60. The van der Waals surface area contributed by atoms with Crippen molar-refractivity contribution in [2.45, 2.75) is 50.9 Å². The summed E-state index contributed by atoms with van der Waals surface area (Å²) in [4.78, 5) is 20.8. The fraction of sp³-hybridized carbons (Fsp3) is 0.393. The number of esters is 1. The van der Waals surface area contributed by atoms with Gasteiger partial charge in [0, 0.05) is 23.9 Å². The van der Waals surface area contributed by atoms with E-state index in [1.165, 1.54) is 51.1 Å². The van der Waals surface area contributed by atoms with E-state index in [0.29, 0.717) is 11.2 Å². The first kappa shape index (κ1) is 20.8. The minimum Gasteiger partial charge on any atom is -0.427 e. The van der Waals surface area contributed by atoms with Crippen molar-refractivity contribution in [1.82, 2.24) is 4.98 Å². The van der Waals surface area contributed by atoms with Crippen molar-refractivity contribution < 1.29 is 9.53 Å². The van der Waals surface area contributed by atoms with Crippen molar-refractivity contribution in [3.8, 4) is 16.9 Å². The quantitative estimate of drug-likeness (QED) is 0.237. The zero-order valence-corrected chi connectivity index (χ0v) is 19.7. The van der Waals surface area contributed by atoms with E-state index >= 15 is 0 Å². The van der Waals surface area contributed by atoms with Gasteiger partial charge < -0.3 is 4.74 Å². The van der Waals surface area contributed by atoms with Crippen LogP contribution in [0.2, 0.25) is 0 Å². The van der Waals surface area contributed by atoms with E-state index in [0.717, 1.165) is 39.6 Å². The Labute approximate surface area is 198 Å². The van der Waals surface area contributed by atoms with Gasteiger partial charge in [0.2, 0.25) is 5.13 Å². The molecule has 0 aliphatic heterocycles. The largest absolute Gasteiger partial charge is 0.427 e. The second-order valence-corrected chi connectivity index (χ2v) is 11.0. The van der Waals surface area contributed by atoms with Crippen LogP contribution in [0.1, 0.15) is 56.7 Å². The van der Waals surface area contributed by atoms with Crippen LogP contribution in [0.5, 0.6) is 5.75 Å². The maximum absolute atomic E-state index is 11.1. The molecule has 0 saturated heterocycles. The zero-order chi connectivity index (χ0) is 22.4. The van der Waals surface area contributed by atoms with E-state index < -0.39 is 0 Å². The van der Waals surface area contributed by atoms with Crippen LogP contribution in [0.15, 0.2) is 58.9 Å². The Bertz CT molecular complexity index is 1160. The molecule has 4 aliphatic carbocycles. The zero-order valence-electron chi connectivity index (χ0n) is 18.9. The van der Waals surface area contributed by atoms with Gasteiger partial charge in [-0.1, -0.05) is 36.4 Å². The van der Waals surface area contributed by atoms with E-state index in [-0.39, 0.29) is 5.97 Å². The number of rotatable bonds is 5. The number of hydrogen-bond donors (Lipinski definition) is 0. The highest BCUT2D eigenvalue weighted by Gasteiger charge is 2.52. The third-order valence-electron chi connectivity index (χ3n) is 7.76. The molecule has 0 N–H and O–H groups in total. The summed E-state index contributed by atoms with van der Waals surface area (Å²) in [6.07, 6.45) is 10.3. The molecule has 2 aromatic carbocycles. The highest BCUT2D eigenvalue weighted by molar-refractivity contribution is 7.13. The maximum Gasteiger partial charge on any atom is 0.308 e. The van der Waals surface area contributed by atoms with Gasteiger partial charge in [0.25, 0.3) is 0 Å². The van der Waals surface area contributed by atoms with E-state index in [9.17, 15) is 4.79 Å². The Balaban J connectivity index is 1.14. The number of aliphatic imine (C=N–C) groups is 1. The monoisotopic (exact) mass is 456 g/mol. The predicted octanol–water partition coefficient (Wildman–Crippen LogP) is 6.95. The lowest BCUT2D eigenvalue weighted by atomic mass is 9.49. The molecule has 1 heterocycles. The summed E-state index contributed by atoms with van der Waals surface area (Å²) in [5, 5.41) is 3.15. The molecule has 4 fully saturated rings. The third kappa shape index (κ3) is 4.15. The van der Waals surface area contributed by atoms with Crippen LogP contribution in [0.4, 0.5) is 5.13 Å². The van der Waals surface area contributed by atoms with Gasteiger partial charge in [-0.2, -0.15) is 0 Å². The summed E-state index contributed by atoms with van der Waals surface area (Å²) in [5.74, 6) is 3.05. The molecule has 5 heteroatoms. The molecule has 33 heavy (non-hydrogen) atoms. The van der Waals surface area contributed by atoms with Crippen LogP contribution >= 0.6 is 11.3 Å². The van der Waals surface area contributed by atoms with Gasteiger partial charge in [-0.3, -0.25) is 4.79 Å². The summed E-state index contributed by atoms with van der Waals surface area (Å²) in [6, 6.07) is 15.9. The van der Waals surface area contributed by atoms with Crippen LogP contribution in [0, 0.1) is 17.8 Å². The van der Waals surface area contributed by atoms with Gasteiger partial charge in [-0.15, -0.1) is 11.3 Å². The minimum atomic E-state index is -0.309. The molecule has 4 aliphatic rings. The average Bonchev–Trinajstić information content (AvgIpc) is 3.28. The van der Waals surface area contributed by atoms with Crippen LogP contribution in [-0.4, -0.2) is 17.2 Å². The molecule has 3 aromatic rings. The molecule has 168 valence electrons.